The van der Waals surface area contributed by atoms with Gasteiger partial charge in [-0.1, -0.05) is 11.6 Å². The Balaban J connectivity index is 2.22. The second-order valence-electron chi connectivity index (χ2n) is 4.21. The van der Waals surface area contributed by atoms with Crippen LogP contribution in [-0.4, -0.2) is 9.55 Å². The lowest BCUT2D eigenvalue weighted by Gasteiger charge is -2.14. The van der Waals surface area contributed by atoms with Gasteiger partial charge >= 0.3 is 0 Å². The first-order valence-corrected chi connectivity index (χ1v) is 6.94. The fraction of sp³-hybridized carbons (Fsp3) is 0.154. The number of fused-ring (bicyclic) bond motifs is 1. The Morgan fingerprint density at radius 1 is 1.39 bits per heavy atom. The van der Waals surface area contributed by atoms with Gasteiger partial charge in [-0.25, -0.2) is 4.98 Å². The number of hydrogen-bond donors (Lipinski definition) is 1. The van der Waals surface area contributed by atoms with Crippen molar-refractivity contribution in [3.63, 3.8) is 0 Å². The highest BCUT2D eigenvalue weighted by Gasteiger charge is 2.16. The van der Waals surface area contributed by atoms with Gasteiger partial charge in [-0.2, -0.15) is 11.3 Å². The van der Waals surface area contributed by atoms with Crippen molar-refractivity contribution in [1.82, 2.24) is 9.55 Å². The van der Waals surface area contributed by atoms with Crippen LogP contribution in [0.3, 0.4) is 0 Å². The molecule has 2 N–H and O–H groups in total. The van der Waals surface area contributed by atoms with Gasteiger partial charge in [-0.15, -0.1) is 0 Å². The second-order valence-corrected chi connectivity index (χ2v) is 5.42. The number of anilines is 1. The Hall–Kier alpha value is -1.52. The summed E-state index contributed by atoms with van der Waals surface area (Å²) in [5.74, 6) is 0.519. The largest absolute Gasteiger partial charge is 0.369 e. The molecule has 0 aliphatic carbocycles. The van der Waals surface area contributed by atoms with Crippen LogP contribution in [0.5, 0.6) is 0 Å². The van der Waals surface area contributed by atoms with E-state index in [1.807, 2.05) is 22.8 Å². The molecule has 0 radical (unpaired) electrons. The minimum atomic E-state index is 0.153. The molecule has 2 aromatic heterocycles. The average Bonchev–Trinajstić information content (AvgIpc) is 2.94. The van der Waals surface area contributed by atoms with E-state index in [0.717, 1.165) is 11.0 Å². The number of nitrogen functional groups attached to an aromatic ring is 1. The van der Waals surface area contributed by atoms with E-state index in [1.165, 1.54) is 5.56 Å². The van der Waals surface area contributed by atoms with Crippen LogP contribution < -0.4 is 5.73 Å². The predicted molar refractivity (Wildman–Crippen MR) is 77.3 cm³/mol. The van der Waals surface area contributed by atoms with E-state index in [1.54, 1.807) is 11.3 Å². The zero-order valence-electron chi connectivity index (χ0n) is 9.80. The van der Waals surface area contributed by atoms with E-state index in [9.17, 15) is 0 Å². The Bertz CT molecular complexity index is 688. The van der Waals surface area contributed by atoms with E-state index >= 15 is 0 Å². The Kier molecular flexibility index (Phi) is 2.76. The van der Waals surface area contributed by atoms with Gasteiger partial charge in [0.15, 0.2) is 0 Å². The van der Waals surface area contributed by atoms with Gasteiger partial charge in [0, 0.05) is 5.02 Å². The zero-order valence-corrected chi connectivity index (χ0v) is 11.4. The minimum Gasteiger partial charge on any atom is -0.369 e. The summed E-state index contributed by atoms with van der Waals surface area (Å²) < 4.78 is 2.02. The van der Waals surface area contributed by atoms with Crippen molar-refractivity contribution in [2.75, 3.05) is 5.73 Å². The summed E-state index contributed by atoms with van der Waals surface area (Å²) in [5.41, 5.74) is 9.10. The van der Waals surface area contributed by atoms with Crippen molar-refractivity contribution >= 4 is 39.9 Å². The molecule has 92 valence electrons. The standard InChI is InChI=1S/C13H12ClN3S/c1-8(9-4-5-18-7-9)17-12-6-10(14)2-3-11(12)16-13(17)15/h2-8H,1H3,(H2,15,16). The molecule has 0 spiro atoms. The molecule has 0 fully saturated rings. The quantitative estimate of drug-likeness (QED) is 0.771. The summed E-state index contributed by atoms with van der Waals surface area (Å²) in [6.07, 6.45) is 0. The number of nitrogens with zero attached hydrogens (tertiary/aromatic N) is 2. The van der Waals surface area contributed by atoms with Gasteiger partial charge in [0.2, 0.25) is 5.95 Å². The first-order valence-electron chi connectivity index (χ1n) is 5.62. The molecule has 1 aromatic carbocycles. The molecule has 1 unspecified atom stereocenters. The van der Waals surface area contributed by atoms with Crippen molar-refractivity contribution in [3.8, 4) is 0 Å². The van der Waals surface area contributed by atoms with Crippen molar-refractivity contribution < 1.29 is 0 Å². The summed E-state index contributed by atoms with van der Waals surface area (Å²) in [6.45, 7) is 2.11. The number of benzene rings is 1. The number of hydrogen-bond acceptors (Lipinski definition) is 3. The van der Waals surface area contributed by atoms with E-state index in [-0.39, 0.29) is 6.04 Å². The van der Waals surface area contributed by atoms with Crippen LogP contribution in [0.2, 0.25) is 5.02 Å². The fourth-order valence-corrected chi connectivity index (χ4v) is 3.07. The summed E-state index contributed by atoms with van der Waals surface area (Å²) >= 11 is 7.73. The monoisotopic (exact) mass is 277 g/mol. The highest BCUT2D eigenvalue weighted by atomic mass is 35.5. The lowest BCUT2D eigenvalue weighted by atomic mass is 10.1. The van der Waals surface area contributed by atoms with Crippen LogP contribution in [-0.2, 0) is 0 Å². The molecule has 3 nitrogen and oxygen atoms in total. The molecule has 3 aromatic rings. The Morgan fingerprint density at radius 2 is 2.22 bits per heavy atom. The maximum Gasteiger partial charge on any atom is 0.201 e. The summed E-state index contributed by atoms with van der Waals surface area (Å²) in [6, 6.07) is 7.88. The van der Waals surface area contributed by atoms with Gasteiger partial charge in [-0.3, -0.25) is 0 Å². The molecule has 5 heteroatoms. The van der Waals surface area contributed by atoms with Gasteiger partial charge in [0.1, 0.15) is 0 Å². The molecule has 3 rings (SSSR count). The van der Waals surface area contributed by atoms with Crippen LogP contribution in [0.25, 0.3) is 11.0 Å². The summed E-state index contributed by atoms with van der Waals surface area (Å²) in [4.78, 5) is 4.37. The van der Waals surface area contributed by atoms with E-state index < -0.39 is 0 Å². The molecule has 0 amide bonds. The highest BCUT2D eigenvalue weighted by Crippen LogP contribution is 2.29. The molecule has 18 heavy (non-hydrogen) atoms. The van der Waals surface area contributed by atoms with E-state index in [4.69, 9.17) is 17.3 Å². The number of nitrogens with two attached hydrogens (primary N) is 1. The third-order valence-electron chi connectivity index (χ3n) is 3.09. The zero-order chi connectivity index (χ0) is 12.7. The van der Waals surface area contributed by atoms with Crippen molar-refractivity contribution in [1.29, 1.82) is 0 Å². The van der Waals surface area contributed by atoms with Gasteiger partial charge < -0.3 is 10.3 Å². The van der Waals surface area contributed by atoms with Crippen molar-refractivity contribution in [2.24, 2.45) is 0 Å². The first-order chi connectivity index (χ1) is 8.66. The van der Waals surface area contributed by atoms with Gasteiger partial charge in [0.25, 0.3) is 0 Å². The molecule has 0 bridgehead atoms. The molecular formula is C13H12ClN3S. The van der Waals surface area contributed by atoms with E-state index in [2.05, 4.69) is 28.7 Å². The highest BCUT2D eigenvalue weighted by molar-refractivity contribution is 7.07. The smallest absolute Gasteiger partial charge is 0.201 e. The lowest BCUT2D eigenvalue weighted by molar-refractivity contribution is 0.670. The van der Waals surface area contributed by atoms with Crippen molar-refractivity contribution in [2.45, 2.75) is 13.0 Å². The Morgan fingerprint density at radius 3 is 2.94 bits per heavy atom. The number of aromatic nitrogens is 2. The van der Waals surface area contributed by atoms with Crippen LogP contribution in [0.1, 0.15) is 18.5 Å². The molecular weight excluding hydrogens is 266 g/mol. The number of rotatable bonds is 2. The van der Waals surface area contributed by atoms with Crippen LogP contribution in [0.15, 0.2) is 35.0 Å². The van der Waals surface area contributed by atoms with Crippen molar-refractivity contribution in [3.05, 3.63) is 45.6 Å². The summed E-state index contributed by atoms with van der Waals surface area (Å²) in [5, 5.41) is 4.88. The molecule has 2 heterocycles. The van der Waals surface area contributed by atoms with Gasteiger partial charge in [0.05, 0.1) is 17.1 Å². The maximum atomic E-state index is 6.05. The lowest BCUT2D eigenvalue weighted by Crippen LogP contribution is -2.09. The third kappa shape index (κ3) is 1.78. The van der Waals surface area contributed by atoms with Crippen LogP contribution in [0, 0.1) is 0 Å². The maximum absolute atomic E-state index is 6.05. The normalized spacial score (nSPS) is 13.0. The van der Waals surface area contributed by atoms with Crippen LogP contribution in [0.4, 0.5) is 5.95 Å². The number of imidazole rings is 1. The molecule has 0 aliphatic heterocycles. The number of thiophene rings is 1. The number of halogens is 1. The van der Waals surface area contributed by atoms with Crippen LogP contribution >= 0.6 is 22.9 Å². The topological polar surface area (TPSA) is 43.8 Å². The average molecular weight is 278 g/mol. The molecule has 1 atom stereocenters. The predicted octanol–water partition coefficient (Wildman–Crippen LogP) is 3.94. The molecule has 0 aliphatic rings. The SMILES string of the molecule is CC(c1ccsc1)n1c(N)nc2ccc(Cl)cc21. The molecule has 0 saturated heterocycles. The van der Waals surface area contributed by atoms with Gasteiger partial charge in [-0.05, 0) is 47.5 Å². The molecule has 0 saturated carbocycles. The van der Waals surface area contributed by atoms with E-state index in [0.29, 0.717) is 11.0 Å². The third-order valence-corrected chi connectivity index (χ3v) is 4.03. The second kappa shape index (κ2) is 4.30. The summed E-state index contributed by atoms with van der Waals surface area (Å²) in [7, 11) is 0. The Labute approximate surface area is 114 Å². The fourth-order valence-electron chi connectivity index (χ4n) is 2.15. The first kappa shape index (κ1) is 11.6. The minimum absolute atomic E-state index is 0.153.